The summed E-state index contributed by atoms with van der Waals surface area (Å²) in [7, 11) is 0.173. The van der Waals surface area contributed by atoms with E-state index in [0.717, 1.165) is 10.4 Å². The fourth-order valence-corrected chi connectivity index (χ4v) is 5.59. The Morgan fingerprint density at radius 2 is 1.55 bits per heavy atom. The number of carbonyl (C=O) groups is 2. The quantitative estimate of drug-likeness (QED) is 0.174. The minimum absolute atomic E-state index is 0.000321. The first kappa shape index (κ1) is 32.6. The van der Waals surface area contributed by atoms with Gasteiger partial charge in [-0.05, 0) is 49.4 Å². The van der Waals surface area contributed by atoms with Crippen molar-refractivity contribution in [2.45, 2.75) is 24.5 Å². The molecule has 3 aromatic carbocycles. The first-order valence-corrected chi connectivity index (χ1v) is 15.0. The summed E-state index contributed by atoms with van der Waals surface area (Å²) >= 11 is 3.33. The third kappa shape index (κ3) is 8.57. The Morgan fingerprint density at radius 1 is 0.929 bits per heavy atom. The van der Waals surface area contributed by atoms with Crippen LogP contribution in [0.25, 0.3) is 0 Å². The average Bonchev–Trinajstić information content (AvgIpc) is 3.00. The van der Waals surface area contributed by atoms with Crippen LogP contribution in [0.5, 0.6) is 17.2 Å². The second kappa shape index (κ2) is 15.4. The van der Waals surface area contributed by atoms with Crippen LogP contribution in [-0.2, 0) is 30.8 Å². The summed E-state index contributed by atoms with van der Waals surface area (Å²) in [5, 5.41) is 0. The van der Waals surface area contributed by atoms with Crippen molar-refractivity contribution in [2.24, 2.45) is 0 Å². The molecule has 0 saturated heterocycles. The molecule has 0 bridgehead atoms. The lowest BCUT2D eigenvalue weighted by molar-refractivity contribution is -0.137. The molecule has 3 rings (SSSR count). The number of hydrogen-bond donors (Lipinski definition) is 0. The molecule has 3 aromatic rings. The second-order valence-electron chi connectivity index (χ2n) is 8.68. The molecule has 42 heavy (non-hydrogen) atoms. The summed E-state index contributed by atoms with van der Waals surface area (Å²) in [6, 6.07) is 17.6. The largest absolute Gasteiger partial charge is 0.496 e. The summed E-state index contributed by atoms with van der Waals surface area (Å²) in [5.41, 5.74) is 0.664. The van der Waals surface area contributed by atoms with Crippen LogP contribution in [0.2, 0.25) is 0 Å². The molecule has 0 spiro atoms. The minimum Gasteiger partial charge on any atom is -0.496 e. The number of rotatable bonds is 14. The van der Waals surface area contributed by atoms with E-state index in [0.29, 0.717) is 27.3 Å². The smallest absolute Gasteiger partial charge is 0.338 e. The van der Waals surface area contributed by atoms with Crippen LogP contribution in [0.3, 0.4) is 0 Å². The Morgan fingerprint density at radius 3 is 2.10 bits per heavy atom. The molecule has 0 aliphatic rings. The summed E-state index contributed by atoms with van der Waals surface area (Å²) in [6.45, 7) is 1.20. The van der Waals surface area contributed by atoms with Gasteiger partial charge in [0.15, 0.2) is 0 Å². The van der Waals surface area contributed by atoms with Crippen molar-refractivity contribution >= 4 is 37.9 Å². The number of esters is 2. The summed E-state index contributed by atoms with van der Waals surface area (Å²) < 4.78 is 57.0. The van der Waals surface area contributed by atoms with E-state index in [1.165, 1.54) is 39.5 Å². The molecule has 0 saturated carbocycles. The van der Waals surface area contributed by atoms with Gasteiger partial charge >= 0.3 is 11.9 Å². The van der Waals surface area contributed by atoms with E-state index in [1.807, 2.05) is 0 Å². The minimum atomic E-state index is -4.20. The topological polar surface area (TPSA) is 118 Å². The van der Waals surface area contributed by atoms with Crippen LogP contribution in [0.4, 0.5) is 0 Å². The molecular formula is C30H32BrNO9S. The van der Waals surface area contributed by atoms with E-state index in [-0.39, 0.29) is 30.2 Å². The standard InChI is InChI=1S/C30H32BrNO9S/c1-5-40-29(33)16-13-23(41-30(34)21-9-7-6-8-10-21)19-32(42(35,36)25-14-11-22(31)12-15-25)20-26-27(38-3)17-24(37-2)18-28(26)39-4/h6-18,23H,5,19-20H2,1-4H3/b16-13+. The molecule has 0 radical (unpaired) electrons. The van der Waals surface area contributed by atoms with Crippen molar-refractivity contribution in [3.8, 4) is 17.2 Å². The molecule has 0 heterocycles. The number of sulfonamides is 1. The Balaban J connectivity index is 2.10. The van der Waals surface area contributed by atoms with Crippen LogP contribution in [0, 0.1) is 0 Å². The number of ether oxygens (including phenoxy) is 5. The van der Waals surface area contributed by atoms with Crippen molar-refractivity contribution in [2.75, 3.05) is 34.5 Å². The normalized spacial score (nSPS) is 12.1. The van der Waals surface area contributed by atoms with Crippen LogP contribution >= 0.6 is 15.9 Å². The van der Waals surface area contributed by atoms with Crippen LogP contribution in [-0.4, -0.2) is 65.2 Å². The SMILES string of the molecule is CCOC(=O)/C=C/C(CN(Cc1c(OC)cc(OC)cc1OC)S(=O)(=O)c1ccc(Br)cc1)OC(=O)c1ccccc1. The molecule has 224 valence electrons. The molecule has 0 aliphatic heterocycles. The molecular weight excluding hydrogens is 630 g/mol. The second-order valence-corrected chi connectivity index (χ2v) is 11.5. The lowest BCUT2D eigenvalue weighted by Gasteiger charge is -2.27. The zero-order valence-corrected chi connectivity index (χ0v) is 26.0. The number of halogens is 1. The van der Waals surface area contributed by atoms with Crippen LogP contribution in [0.15, 0.2) is 88.3 Å². The van der Waals surface area contributed by atoms with Gasteiger partial charge in [0.1, 0.15) is 23.4 Å². The average molecular weight is 663 g/mol. The summed E-state index contributed by atoms with van der Waals surface area (Å²) in [6.07, 6.45) is 1.22. The molecule has 0 fully saturated rings. The van der Waals surface area contributed by atoms with E-state index in [4.69, 9.17) is 23.7 Å². The van der Waals surface area contributed by atoms with Gasteiger partial charge in [-0.1, -0.05) is 34.1 Å². The predicted octanol–water partition coefficient (Wildman–Crippen LogP) is 5.01. The number of hydrogen-bond acceptors (Lipinski definition) is 9. The Kier molecular flexibility index (Phi) is 12.0. The van der Waals surface area contributed by atoms with E-state index in [9.17, 15) is 18.0 Å². The molecule has 0 aliphatic carbocycles. The Labute approximate surface area is 254 Å². The molecule has 10 nitrogen and oxygen atoms in total. The molecule has 1 unspecified atom stereocenters. The lowest BCUT2D eigenvalue weighted by Crippen LogP contribution is -2.38. The molecule has 12 heteroatoms. The molecule has 1 atom stereocenters. The fraction of sp³-hybridized carbons (Fsp3) is 0.267. The maximum Gasteiger partial charge on any atom is 0.338 e. The number of carbonyl (C=O) groups excluding carboxylic acids is 2. The monoisotopic (exact) mass is 661 g/mol. The first-order chi connectivity index (χ1) is 20.1. The predicted molar refractivity (Wildman–Crippen MR) is 159 cm³/mol. The van der Waals surface area contributed by atoms with Gasteiger partial charge in [0.05, 0.1) is 50.5 Å². The third-order valence-electron chi connectivity index (χ3n) is 5.99. The zero-order chi connectivity index (χ0) is 30.7. The van der Waals surface area contributed by atoms with E-state index in [1.54, 1.807) is 61.5 Å². The third-order valence-corrected chi connectivity index (χ3v) is 8.34. The van der Waals surface area contributed by atoms with Crippen molar-refractivity contribution < 1.29 is 41.7 Å². The highest BCUT2D eigenvalue weighted by atomic mass is 79.9. The van der Waals surface area contributed by atoms with Crippen molar-refractivity contribution in [1.82, 2.24) is 4.31 Å². The summed E-state index contributed by atoms with van der Waals surface area (Å²) in [5.74, 6) is -0.278. The fourth-order valence-electron chi connectivity index (χ4n) is 3.91. The van der Waals surface area contributed by atoms with Gasteiger partial charge in [-0.25, -0.2) is 18.0 Å². The number of benzene rings is 3. The molecule has 0 amide bonds. The number of nitrogens with zero attached hydrogens (tertiary/aromatic N) is 1. The Bertz CT molecular complexity index is 1470. The van der Waals surface area contributed by atoms with Crippen LogP contribution < -0.4 is 14.2 Å². The maximum absolute atomic E-state index is 14.1. The van der Waals surface area contributed by atoms with Crippen molar-refractivity contribution in [3.63, 3.8) is 0 Å². The highest BCUT2D eigenvalue weighted by Gasteiger charge is 2.31. The lowest BCUT2D eigenvalue weighted by atomic mass is 10.1. The van der Waals surface area contributed by atoms with E-state index in [2.05, 4.69) is 15.9 Å². The summed E-state index contributed by atoms with van der Waals surface area (Å²) in [4.78, 5) is 25.1. The highest BCUT2D eigenvalue weighted by molar-refractivity contribution is 9.10. The van der Waals surface area contributed by atoms with Gasteiger partial charge in [-0.3, -0.25) is 0 Å². The van der Waals surface area contributed by atoms with E-state index >= 15 is 0 Å². The van der Waals surface area contributed by atoms with Gasteiger partial charge in [0.25, 0.3) is 0 Å². The van der Waals surface area contributed by atoms with E-state index < -0.39 is 28.1 Å². The van der Waals surface area contributed by atoms with Gasteiger partial charge in [-0.15, -0.1) is 0 Å². The van der Waals surface area contributed by atoms with Crippen molar-refractivity contribution in [1.29, 1.82) is 0 Å². The van der Waals surface area contributed by atoms with Gasteiger partial charge in [0, 0.05) is 29.2 Å². The first-order valence-electron chi connectivity index (χ1n) is 12.8. The molecule has 0 aromatic heterocycles. The van der Waals surface area contributed by atoms with Crippen molar-refractivity contribution in [3.05, 3.63) is 94.5 Å². The van der Waals surface area contributed by atoms with Crippen LogP contribution in [0.1, 0.15) is 22.8 Å². The molecule has 0 N–H and O–H groups in total. The highest BCUT2D eigenvalue weighted by Crippen LogP contribution is 2.36. The van der Waals surface area contributed by atoms with Gasteiger partial charge < -0.3 is 23.7 Å². The van der Waals surface area contributed by atoms with Gasteiger partial charge in [-0.2, -0.15) is 4.31 Å². The maximum atomic E-state index is 14.1. The van der Waals surface area contributed by atoms with Gasteiger partial charge in [0.2, 0.25) is 10.0 Å². The number of methoxy groups -OCH3 is 3. The Hall–Kier alpha value is -3.87. The zero-order valence-electron chi connectivity index (χ0n) is 23.6.